The van der Waals surface area contributed by atoms with Gasteiger partial charge >= 0.3 is 0 Å². The fourth-order valence-corrected chi connectivity index (χ4v) is 2.58. The molecule has 1 aromatic heterocycles. The van der Waals surface area contributed by atoms with Crippen LogP contribution in [0.3, 0.4) is 0 Å². The van der Waals surface area contributed by atoms with Crippen LogP contribution in [-0.4, -0.2) is 45.1 Å². The number of aliphatic hydroxyl groups excluding tert-OH is 1. The summed E-state index contributed by atoms with van der Waals surface area (Å²) in [6.07, 6.45) is 1.79. The van der Waals surface area contributed by atoms with Gasteiger partial charge in [-0.25, -0.2) is 0 Å². The van der Waals surface area contributed by atoms with Gasteiger partial charge in [0.1, 0.15) is 12.7 Å². The van der Waals surface area contributed by atoms with E-state index in [9.17, 15) is 5.11 Å². The highest BCUT2D eigenvalue weighted by atomic mass is 16.5. The largest absolute Gasteiger partial charge is 0.493 e. The smallest absolute Gasteiger partial charge is 0.204 e. The molecule has 0 bridgehead atoms. The lowest BCUT2D eigenvalue weighted by atomic mass is 10.1. The van der Waals surface area contributed by atoms with Crippen molar-refractivity contribution in [2.75, 3.05) is 13.7 Å². The average Bonchev–Trinajstić information content (AvgIpc) is 3.16. The molecule has 7 nitrogen and oxygen atoms in total. The van der Waals surface area contributed by atoms with E-state index in [-0.39, 0.29) is 13.2 Å². The summed E-state index contributed by atoms with van der Waals surface area (Å²) in [7, 11) is 1.58. The maximum absolute atomic E-state index is 10.2. The Balaban J connectivity index is 1.58. The first kappa shape index (κ1) is 18.6. The zero-order valence-corrected chi connectivity index (χ0v) is 15.2. The molecule has 3 rings (SSSR count). The Morgan fingerprint density at radius 2 is 2.00 bits per heavy atom. The first-order valence-electron chi connectivity index (χ1n) is 8.61. The Kier molecular flexibility index (Phi) is 6.17. The summed E-state index contributed by atoms with van der Waals surface area (Å²) in [4.78, 5) is 1.36. The number of tetrazole rings is 1. The molecular formula is C20H22N4O3. The normalized spacial score (nSPS) is 11.8. The molecular weight excluding hydrogens is 344 g/mol. The van der Waals surface area contributed by atoms with E-state index in [0.717, 1.165) is 17.5 Å². The minimum absolute atomic E-state index is 0.0827. The van der Waals surface area contributed by atoms with Crippen LogP contribution in [0.1, 0.15) is 5.56 Å². The van der Waals surface area contributed by atoms with Crippen molar-refractivity contribution in [1.82, 2.24) is 20.2 Å². The number of hydrogen-bond acceptors (Lipinski definition) is 6. The third kappa shape index (κ3) is 4.92. The number of hydrogen-bond donors (Lipinski definition) is 1. The molecule has 0 aliphatic carbocycles. The Morgan fingerprint density at radius 3 is 2.74 bits per heavy atom. The summed E-state index contributed by atoms with van der Waals surface area (Å²) in [5, 5.41) is 22.5. The van der Waals surface area contributed by atoms with E-state index in [1.54, 1.807) is 7.11 Å². The van der Waals surface area contributed by atoms with Crippen LogP contribution in [0.4, 0.5) is 0 Å². The van der Waals surface area contributed by atoms with Crippen LogP contribution in [0.5, 0.6) is 11.5 Å². The van der Waals surface area contributed by atoms with Gasteiger partial charge in [0.05, 0.1) is 13.7 Å². The minimum atomic E-state index is -0.791. The van der Waals surface area contributed by atoms with Crippen molar-refractivity contribution in [1.29, 1.82) is 0 Å². The van der Waals surface area contributed by atoms with E-state index in [1.165, 1.54) is 4.80 Å². The molecule has 140 valence electrons. The third-order valence-corrected chi connectivity index (χ3v) is 3.90. The molecule has 0 saturated carbocycles. The van der Waals surface area contributed by atoms with Gasteiger partial charge in [0, 0.05) is 5.56 Å². The second-order valence-electron chi connectivity index (χ2n) is 5.98. The summed E-state index contributed by atoms with van der Waals surface area (Å²) in [6.45, 7) is 3.99. The Bertz CT molecular complexity index is 880. The van der Waals surface area contributed by atoms with Crippen molar-refractivity contribution in [2.45, 2.75) is 19.1 Å². The van der Waals surface area contributed by atoms with Crippen molar-refractivity contribution in [3.8, 4) is 22.9 Å². The molecule has 0 spiro atoms. The van der Waals surface area contributed by atoms with Gasteiger partial charge < -0.3 is 14.6 Å². The van der Waals surface area contributed by atoms with Crippen LogP contribution in [0.25, 0.3) is 11.4 Å². The van der Waals surface area contributed by atoms with Gasteiger partial charge in [-0.3, -0.25) is 0 Å². The van der Waals surface area contributed by atoms with Crippen molar-refractivity contribution in [2.24, 2.45) is 0 Å². The zero-order chi connectivity index (χ0) is 19.1. The molecule has 1 heterocycles. The standard InChI is InChI=1S/C20H22N4O3/c1-3-7-15-10-11-18(19(12-15)26-2)27-14-17(25)13-24-22-20(21-23-24)16-8-5-4-6-9-16/h3-6,8-12,17,25H,1,7,13-14H2,2H3. The Morgan fingerprint density at radius 1 is 1.19 bits per heavy atom. The summed E-state index contributed by atoms with van der Waals surface area (Å²) in [5.41, 5.74) is 1.95. The molecule has 3 aromatic rings. The predicted molar refractivity (Wildman–Crippen MR) is 102 cm³/mol. The highest BCUT2D eigenvalue weighted by Gasteiger charge is 2.13. The molecule has 0 radical (unpaired) electrons. The van der Waals surface area contributed by atoms with Crippen LogP contribution >= 0.6 is 0 Å². The number of rotatable bonds is 9. The average molecular weight is 366 g/mol. The third-order valence-electron chi connectivity index (χ3n) is 3.90. The monoisotopic (exact) mass is 366 g/mol. The first-order valence-corrected chi connectivity index (χ1v) is 8.61. The molecule has 0 aliphatic heterocycles. The lowest BCUT2D eigenvalue weighted by Crippen LogP contribution is -2.25. The molecule has 1 N–H and O–H groups in total. The molecule has 2 aromatic carbocycles. The number of ether oxygens (including phenoxy) is 2. The quantitative estimate of drug-likeness (QED) is 0.586. The maximum atomic E-state index is 10.2. The van der Waals surface area contributed by atoms with Crippen molar-refractivity contribution in [3.05, 3.63) is 66.7 Å². The van der Waals surface area contributed by atoms with Gasteiger partial charge in [-0.05, 0) is 29.3 Å². The number of methoxy groups -OCH3 is 1. The molecule has 0 saturated heterocycles. The Labute approximate surface area is 157 Å². The van der Waals surface area contributed by atoms with Crippen LogP contribution < -0.4 is 9.47 Å². The summed E-state index contributed by atoms with van der Waals surface area (Å²) < 4.78 is 11.1. The van der Waals surface area contributed by atoms with Gasteiger partial charge in [0.2, 0.25) is 5.82 Å². The highest BCUT2D eigenvalue weighted by Crippen LogP contribution is 2.28. The van der Waals surface area contributed by atoms with Gasteiger partial charge in [-0.2, -0.15) is 4.80 Å². The number of allylic oxidation sites excluding steroid dienone is 1. The molecule has 0 amide bonds. The molecule has 1 unspecified atom stereocenters. The second-order valence-corrected chi connectivity index (χ2v) is 5.98. The molecule has 1 atom stereocenters. The lowest BCUT2D eigenvalue weighted by molar-refractivity contribution is 0.0836. The predicted octanol–water partition coefficient (Wildman–Crippen LogP) is 2.52. The van der Waals surface area contributed by atoms with Crippen molar-refractivity contribution >= 4 is 0 Å². The topological polar surface area (TPSA) is 82.3 Å². The van der Waals surface area contributed by atoms with Crippen LogP contribution in [0.2, 0.25) is 0 Å². The lowest BCUT2D eigenvalue weighted by Gasteiger charge is -2.14. The van der Waals surface area contributed by atoms with E-state index in [4.69, 9.17) is 9.47 Å². The second kappa shape index (κ2) is 8.95. The van der Waals surface area contributed by atoms with Crippen LogP contribution in [0.15, 0.2) is 61.2 Å². The van der Waals surface area contributed by atoms with Gasteiger partial charge in [0.25, 0.3) is 0 Å². The fourth-order valence-electron chi connectivity index (χ4n) is 2.58. The van der Waals surface area contributed by atoms with E-state index < -0.39 is 6.10 Å². The summed E-state index contributed by atoms with van der Waals surface area (Å²) >= 11 is 0. The van der Waals surface area contributed by atoms with E-state index in [0.29, 0.717) is 17.3 Å². The SMILES string of the molecule is C=CCc1ccc(OCC(O)Cn2nnc(-c3ccccc3)n2)c(OC)c1. The van der Waals surface area contributed by atoms with E-state index >= 15 is 0 Å². The summed E-state index contributed by atoms with van der Waals surface area (Å²) in [5.74, 6) is 1.70. The molecule has 7 heteroatoms. The van der Waals surface area contributed by atoms with Gasteiger partial charge in [-0.1, -0.05) is 42.5 Å². The fraction of sp³-hybridized carbons (Fsp3) is 0.250. The van der Waals surface area contributed by atoms with E-state index in [1.807, 2.05) is 54.6 Å². The summed E-state index contributed by atoms with van der Waals surface area (Å²) in [6, 6.07) is 15.2. The zero-order valence-electron chi connectivity index (χ0n) is 15.2. The molecule has 27 heavy (non-hydrogen) atoms. The van der Waals surface area contributed by atoms with Crippen molar-refractivity contribution in [3.63, 3.8) is 0 Å². The highest BCUT2D eigenvalue weighted by molar-refractivity contribution is 5.52. The first-order chi connectivity index (χ1) is 13.2. The maximum Gasteiger partial charge on any atom is 0.204 e. The number of nitrogens with zero attached hydrogens (tertiary/aromatic N) is 4. The number of aromatic nitrogens is 4. The van der Waals surface area contributed by atoms with E-state index in [2.05, 4.69) is 22.0 Å². The van der Waals surface area contributed by atoms with Gasteiger partial charge in [-0.15, -0.1) is 16.8 Å². The number of benzene rings is 2. The van der Waals surface area contributed by atoms with Crippen molar-refractivity contribution < 1.29 is 14.6 Å². The van der Waals surface area contributed by atoms with Crippen LogP contribution in [-0.2, 0) is 13.0 Å². The molecule has 0 aliphatic rings. The molecule has 0 fully saturated rings. The van der Waals surface area contributed by atoms with Crippen LogP contribution in [0, 0.1) is 0 Å². The Hall–Kier alpha value is -3.19. The van der Waals surface area contributed by atoms with Gasteiger partial charge in [0.15, 0.2) is 11.5 Å². The minimum Gasteiger partial charge on any atom is -0.493 e. The number of aliphatic hydroxyl groups is 1.